The number of ether oxygens (including phenoxy) is 1. The van der Waals surface area contributed by atoms with Crippen LogP contribution >= 0.6 is 0 Å². The van der Waals surface area contributed by atoms with Gasteiger partial charge in [-0.2, -0.15) is 4.68 Å². The molecule has 0 radical (unpaired) electrons. The average molecular weight is 332 g/mol. The van der Waals surface area contributed by atoms with Crippen LogP contribution in [0.3, 0.4) is 0 Å². The molecular weight excluding hydrogens is 316 g/mol. The molecule has 1 aromatic carbocycles. The van der Waals surface area contributed by atoms with Gasteiger partial charge in [0.05, 0.1) is 7.11 Å². The number of fused-ring (bicyclic) bond motifs is 1. The van der Waals surface area contributed by atoms with Crippen molar-refractivity contribution in [2.24, 2.45) is 0 Å². The van der Waals surface area contributed by atoms with Gasteiger partial charge in [-0.15, -0.1) is 5.10 Å². The van der Waals surface area contributed by atoms with E-state index in [1.165, 1.54) is 9.08 Å². The summed E-state index contributed by atoms with van der Waals surface area (Å²) in [7, 11) is 1.65. The van der Waals surface area contributed by atoms with E-state index in [4.69, 9.17) is 4.74 Å². The van der Waals surface area contributed by atoms with Crippen LogP contribution in [0, 0.1) is 6.92 Å². The predicted molar refractivity (Wildman–Crippen MR) is 95.3 cm³/mol. The third kappa shape index (κ3) is 2.48. The molecule has 124 valence electrons. The van der Waals surface area contributed by atoms with Crippen molar-refractivity contribution in [1.29, 1.82) is 0 Å². The maximum atomic E-state index is 12.7. The van der Waals surface area contributed by atoms with Crippen LogP contribution in [-0.4, -0.2) is 26.3 Å². The van der Waals surface area contributed by atoms with Gasteiger partial charge in [-0.05, 0) is 53.9 Å². The fourth-order valence-corrected chi connectivity index (χ4v) is 2.91. The first-order valence-corrected chi connectivity index (χ1v) is 7.86. The largest absolute Gasteiger partial charge is 0.496 e. The van der Waals surface area contributed by atoms with Crippen molar-refractivity contribution < 1.29 is 4.74 Å². The summed E-state index contributed by atoms with van der Waals surface area (Å²) in [6, 6.07) is 15.0. The highest BCUT2D eigenvalue weighted by molar-refractivity contribution is 5.70. The van der Waals surface area contributed by atoms with Crippen LogP contribution in [0.5, 0.6) is 5.75 Å². The number of hydrogen-bond donors (Lipinski definition) is 0. The van der Waals surface area contributed by atoms with Gasteiger partial charge in [-0.1, -0.05) is 18.2 Å². The van der Waals surface area contributed by atoms with Crippen LogP contribution in [-0.2, 0) is 0 Å². The fourth-order valence-electron chi connectivity index (χ4n) is 2.91. The van der Waals surface area contributed by atoms with Gasteiger partial charge >= 0.3 is 5.69 Å². The minimum atomic E-state index is -0.254. The average Bonchev–Trinajstić information content (AvgIpc) is 2.99. The lowest BCUT2D eigenvalue weighted by Gasteiger charge is -2.10. The number of hydrogen-bond acceptors (Lipinski definition) is 4. The maximum Gasteiger partial charge on any atom is 0.356 e. The molecule has 0 spiro atoms. The van der Waals surface area contributed by atoms with Crippen molar-refractivity contribution in [3.63, 3.8) is 0 Å². The summed E-state index contributed by atoms with van der Waals surface area (Å²) >= 11 is 0. The second kappa shape index (κ2) is 5.90. The summed E-state index contributed by atoms with van der Waals surface area (Å²) in [5, 5.41) is 4.35. The van der Waals surface area contributed by atoms with E-state index in [1.54, 1.807) is 31.6 Å². The monoisotopic (exact) mass is 332 g/mol. The molecule has 0 amide bonds. The molecule has 0 aliphatic heterocycles. The lowest BCUT2D eigenvalue weighted by Crippen LogP contribution is -2.20. The first-order valence-electron chi connectivity index (χ1n) is 7.86. The van der Waals surface area contributed by atoms with Gasteiger partial charge in [0, 0.05) is 12.4 Å². The highest BCUT2D eigenvalue weighted by Crippen LogP contribution is 2.29. The topological polar surface area (TPSA) is 61.4 Å². The Kier molecular flexibility index (Phi) is 3.57. The molecule has 4 rings (SSSR count). The first-order chi connectivity index (χ1) is 12.2. The molecule has 3 aromatic heterocycles. The Labute approximate surface area is 144 Å². The molecule has 25 heavy (non-hydrogen) atoms. The summed E-state index contributed by atoms with van der Waals surface area (Å²) in [4.78, 5) is 16.9. The molecule has 0 N–H and O–H groups in total. The van der Waals surface area contributed by atoms with Gasteiger partial charge < -0.3 is 4.74 Å². The van der Waals surface area contributed by atoms with Crippen molar-refractivity contribution in [3.8, 4) is 22.7 Å². The maximum absolute atomic E-state index is 12.7. The number of pyridine rings is 2. The molecule has 0 fully saturated rings. The summed E-state index contributed by atoms with van der Waals surface area (Å²) in [6.07, 6.45) is 3.43. The predicted octanol–water partition coefficient (Wildman–Crippen LogP) is 2.86. The second-order valence-corrected chi connectivity index (χ2v) is 5.66. The molecule has 0 atom stereocenters. The molecule has 0 unspecified atom stereocenters. The number of benzene rings is 1. The lowest BCUT2D eigenvalue weighted by atomic mass is 10.0. The van der Waals surface area contributed by atoms with Crippen molar-refractivity contribution in [1.82, 2.24) is 19.2 Å². The SMILES string of the molecule is COc1cccc(-c2ccc3nn(-c4ccccn4)c(=O)n3c2)c1C. The Morgan fingerprint density at radius 2 is 1.92 bits per heavy atom. The van der Waals surface area contributed by atoms with Crippen LogP contribution in [0.4, 0.5) is 0 Å². The molecule has 4 aromatic rings. The number of rotatable bonds is 3. The molecule has 0 bridgehead atoms. The molecule has 6 heteroatoms. The van der Waals surface area contributed by atoms with Gasteiger partial charge in [0.2, 0.25) is 0 Å². The first kappa shape index (κ1) is 15.1. The van der Waals surface area contributed by atoms with Crippen molar-refractivity contribution in [2.75, 3.05) is 7.11 Å². The molecule has 0 aliphatic rings. The zero-order valence-electron chi connectivity index (χ0n) is 13.9. The van der Waals surface area contributed by atoms with E-state index in [1.807, 2.05) is 43.3 Å². The van der Waals surface area contributed by atoms with Crippen LogP contribution in [0.25, 0.3) is 22.6 Å². The summed E-state index contributed by atoms with van der Waals surface area (Å²) in [5.41, 5.74) is 3.27. The van der Waals surface area contributed by atoms with E-state index in [2.05, 4.69) is 10.1 Å². The molecule has 3 heterocycles. The van der Waals surface area contributed by atoms with Crippen LogP contribution in [0.1, 0.15) is 5.56 Å². The summed E-state index contributed by atoms with van der Waals surface area (Å²) in [5.74, 6) is 1.31. The second-order valence-electron chi connectivity index (χ2n) is 5.66. The Bertz CT molecular complexity index is 1110. The van der Waals surface area contributed by atoms with E-state index >= 15 is 0 Å². The number of aromatic nitrogens is 4. The van der Waals surface area contributed by atoms with Gasteiger partial charge in [0.15, 0.2) is 11.5 Å². The Balaban J connectivity index is 1.90. The number of nitrogens with zero attached hydrogens (tertiary/aromatic N) is 4. The zero-order valence-corrected chi connectivity index (χ0v) is 13.9. The molecule has 0 aliphatic carbocycles. The van der Waals surface area contributed by atoms with Crippen molar-refractivity contribution in [2.45, 2.75) is 6.92 Å². The summed E-state index contributed by atoms with van der Waals surface area (Å²) < 4.78 is 8.22. The van der Waals surface area contributed by atoms with E-state index in [-0.39, 0.29) is 5.69 Å². The van der Waals surface area contributed by atoms with E-state index in [9.17, 15) is 4.79 Å². The Hall–Kier alpha value is -3.41. The fraction of sp³-hybridized carbons (Fsp3) is 0.105. The lowest BCUT2D eigenvalue weighted by molar-refractivity contribution is 0.412. The minimum Gasteiger partial charge on any atom is -0.496 e. The van der Waals surface area contributed by atoms with Gasteiger partial charge in [0.25, 0.3) is 0 Å². The van der Waals surface area contributed by atoms with Gasteiger partial charge in [-0.25, -0.2) is 14.2 Å². The standard InChI is InChI=1S/C19H16N4O2/c1-13-15(6-5-7-16(13)25-2)14-9-10-18-21-23(19(24)22(18)12-14)17-8-3-4-11-20-17/h3-12H,1-2H3. The van der Waals surface area contributed by atoms with Gasteiger partial charge in [0.1, 0.15) is 5.75 Å². The number of methoxy groups -OCH3 is 1. The van der Waals surface area contributed by atoms with Crippen LogP contribution in [0.2, 0.25) is 0 Å². The highest BCUT2D eigenvalue weighted by Gasteiger charge is 2.12. The van der Waals surface area contributed by atoms with Crippen LogP contribution < -0.4 is 10.4 Å². The minimum absolute atomic E-state index is 0.254. The zero-order chi connectivity index (χ0) is 17.4. The van der Waals surface area contributed by atoms with Crippen molar-refractivity contribution >= 4 is 5.65 Å². The van der Waals surface area contributed by atoms with E-state index < -0.39 is 0 Å². The highest BCUT2D eigenvalue weighted by atomic mass is 16.5. The van der Waals surface area contributed by atoms with Crippen molar-refractivity contribution in [3.05, 3.63) is 77.0 Å². The normalized spacial score (nSPS) is 11.0. The van der Waals surface area contributed by atoms with Gasteiger partial charge in [-0.3, -0.25) is 0 Å². The Morgan fingerprint density at radius 3 is 2.68 bits per heavy atom. The van der Waals surface area contributed by atoms with Crippen LogP contribution in [0.15, 0.2) is 65.7 Å². The third-order valence-corrected chi connectivity index (χ3v) is 4.20. The van der Waals surface area contributed by atoms with E-state index in [0.29, 0.717) is 11.5 Å². The molecule has 0 saturated heterocycles. The Morgan fingerprint density at radius 1 is 1.04 bits per heavy atom. The molecular formula is C19H16N4O2. The molecule has 6 nitrogen and oxygen atoms in total. The van der Waals surface area contributed by atoms with E-state index in [0.717, 1.165) is 22.4 Å². The summed E-state index contributed by atoms with van der Waals surface area (Å²) in [6.45, 7) is 2.00. The quantitative estimate of drug-likeness (QED) is 0.579. The molecule has 0 saturated carbocycles. The third-order valence-electron chi connectivity index (χ3n) is 4.20. The smallest absolute Gasteiger partial charge is 0.356 e.